The molecule has 0 aliphatic carbocycles. The Kier molecular flexibility index (Phi) is 3.57. The van der Waals surface area contributed by atoms with Crippen LogP contribution in [0.4, 0.5) is 5.69 Å². The number of aryl methyl sites for hydroxylation is 2. The Labute approximate surface area is 153 Å². The van der Waals surface area contributed by atoms with E-state index in [1.165, 1.54) is 4.90 Å². The smallest absolute Gasteiger partial charge is 0.250 e. The molecule has 3 heterocycles. The standard InChI is InChI=1S/C20H25N3O3/c1-6-11(4)23-17(24)14-12(5)22-20(15(14)18(23)25)13-8-9(2)7-10(3)16(13)21-19(20)26/h7-8,11-12,14-15,22H,6H2,1-5H3,(H,21,26)/t11-,12+,14+,15-,20+/m0/s1. The first-order valence-electron chi connectivity index (χ1n) is 9.31. The van der Waals surface area contributed by atoms with E-state index < -0.39 is 17.4 Å². The Morgan fingerprint density at radius 1 is 1.19 bits per heavy atom. The van der Waals surface area contributed by atoms with Gasteiger partial charge in [-0.05, 0) is 39.7 Å². The van der Waals surface area contributed by atoms with Gasteiger partial charge in [0.05, 0.1) is 11.8 Å². The van der Waals surface area contributed by atoms with Crippen molar-refractivity contribution in [3.05, 3.63) is 28.8 Å². The number of nitrogens with zero attached hydrogens (tertiary/aromatic N) is 1. The molecule has 3 amide bonds. The van der Waals surface area contributed by atoms with Crippen molar-refractivity contribution in [2.75, 3.05) is 5.32 Å². The summed E-state index contributed by atoms with van der Waals surface area (Å²) in [6.07, 6.45) is 0.701. The van der Waals surface area contributed by atoms with Crippen LogP contribution in [0, 0.1) is 25.7 Å². The first-order valence-corrected chi connectivity index (χ1v) is 9.31. The van der Waals surface area contributed by atoms with E-state index in [1.54, 1.807) is 0 Å². The van der Waals surface area contributed by atoms with E-state index in [9.17, 15) is 14.4 Å². The highest BCUT2D eigenvalue weighted by Crippen LogP contribution is 2.53. The molecule has 4 rings (SSSR count). The molecule has 0 saturated carbocycles. The SMILES string of the molecule is CC[C@H](C)N1C(=O)[C@H]2[C@@H](C1=O)[C@@]1(N[C@@H]2C)C(=O)Nc2c(C)cc(C)cc21. The molecule has 2 saturated heterocycles. The van der Waals surface area contributed by atoms with Crippen LogP contribution in [0.3, 0.4) is 0 Å². The molecule has 1 spiro atoms. The second-order valence-electron chi connectivity index (χ2n) is 8.01. The molecular formula is C20H25N3O3. The normalized spacial score (nSPS) is 33.7. The number of anilines is 1. The second-order valence-corrected chi connectivity index (χ2v) is 8.01. The molecule has 6 heteroatoms. The fourth-order valence-corrected chi connectivity index (χ4v) is 5.06. The van der Waals surface area contributed by atoms with E-state index in [0.29, 0.717) is 6.42 Å². The molecule has 26 heavy (non-hydrogen) atoms. The second kappa shape index (κ2) is 5.39. The van der Waals surface area contributed by atoms with Crippen LogP contribution >= 0.6 is 0 Å². The predicted octanol–water partition coefficient (Wildman–Crippen LogP) is 1.84. The van der Waals surface area contributed by atoms with Crippen LogP contribution in [-0.4, -0.2) is 34.7 Å². The Morgan fingerprint density at radius 3 is 2.54 bits per heavy atom. The van der Waals surface area contributed by atoms with Crippen molar-refractivity contribution in [1.29, 1.82) is 0 Å². The lowest BCUT2D eigenvalue weighted by molar-refractivity contribution is -0.145. The van der Waals surface area contributed by atoms with Crippen LogP contribution in [-0.2, 0) is 19.9 Å². The third-order valence-electron chi connectivity index (χ3n) is 6.38. The average Bonchev–Trinajstić information content (AvgIpc) is 3.13. The van der Waals surface area contributed by atoms with E-state index in [1.807, 2.05) is 46.8 Å². The number of carbonyl (C=O) groups excluding carboxylic acids is 3. The molecule has 0 unspecified atom stereocenters. The number of imide groups is 1. The van der Waals surface area contributed by atoms with E-state index in [2.05, 4.69) is 10.6 Å². The van der Waals surface area contributed by atoms with Gasteiger partial charge in [-0.2, -0.15) is 0 Å². The minimum atomic E-state index is -1.16. The van der Waals surface area contributed by atoms with E-state index >= 15 is 0 Å². The third kappa shape index (κ3) is 1.88. The Morgan fingerprint density at radius 2 is 1.88 bits per heavy atom. The van der Waals surface area contributed by atoms with Gasteiger partial charge in [-0.3, -0.25) is 24.6 Å². The summed E-state index contributed by atoms with van der Waals surface area (Å²) < 4.78 is 0. The quantitative estimate of drug-likeness (QED) is 0.794. The molecule has 2 N–H and O–H groups in total. The van der Waals surface area contributed by atoms with Crippen LogP contribution in [0.1, 0.15) is 43.9 Å². The van der Waals surface area contributed by atoms with Crippen LogP contribution in [0.15, 0.2) is 12.1 Å². The summed E-state index contributed by atoms with van der Waals surface area (Å²) in [6.45, 7) is 9.67. The summed E-state index contributed by atoms with van der Waals surface area (Å²) in [5.41, 5.74) is 2.41. The van der Waals surface area contributed by atoms with Gasteiger partial charge in [-0.1, -0.05) is 24.6 Å². The molecule has 5 atom stereocenters. The molecule has 6 nitrogen and oxygen atoms in total. The number of hydrogen-bond acceptors (Lipinski definition) is 4. The number of rotatable bonds is 2. The van der Waals surface area contributed by atoms with Gasteiger partial charge in [-0.25, -0.2) is 0 Å². The topological polar surface area (TPSA) is 78.5 Å². The van der Waals surface area contributed by atoms with Crippen LogP contribution in [0.5, 0.6) is 0 Å². The van der Waals surface area contributed by atoms with Crippen molar-refractivity contribution >= 4 is 23.4 Å². The molecular weight excluding hydrogens is 330 g/mol. The minimum absolute atomic E-state index is 0.156. The zero-order valence-electron chi connectivity index (χ0n) is 15.8. The Hall–Kier alpha value is -2.21. The monoisotopic (exact) mass is 355 g/mol. The van der Waals surface area contributed by atoms with Crippen LogP contribution in [0.2, 0.25) is 0 Å². The third-order valence-corrected chi connectivity index (χ3v) is 6.38. The van der Waals surface area contributed by atoms with Crippen molar-refractivity contribution in [2.24, 2.45) is 11.8 Å². The summed E-state index contributed by atoms with van der Waals surface area (Å²) in [7, 11) is 0. The number of nitrogens with one attached hydrogen (secondary N) is 2. The van der Waals surface area contributed by atoms with Crippen molar-refractivity contribution < 1.29 is 14.4 Å². The number of fused-ring (bicyclic) bond motifs is 4. The van der Waals surface area contributed by atoms with Gasteiger partial charge in [0, 0.05) is 23.3 Å². The maximum Gasteiger partial charge on any atom is 0.250 e. The zero-order valence-corrected chi connectivity index (χ0v) is 15.8. The van der Waals surface area contributed by atoms with E-state index in [0.717, 1.165) is 22.4 Å². The summed E-state index contributed by atoms with van der Waals surface area (Å²) in [5, 5.41) is 6.32. The molecule has 1 aromatic carbocycles. The summed E-state index contributed by atoms with van der Waals surface area (Å²) in [5.74, 6) is -1.81. The molecule has 2 fully saturated rings. The number of amides is 3. The zero-order chi connectivity index (χ0) is 19.0. The summed E-state index contributed by atoms with van der Waals surface area (Å²) in [6, 6.07) is 3.57. The maximum atomic E-state index is 13.3. The lowest BCUT2D eigenvalue weighted by Gasteiger charge is -2.30. The number of likely N-dealkylation sites (tertiary alicyclic amines) is 1. The molecule has 3 aliphatic heterocycles. The molecule has 0 aromatic heterocycles. The predicted molar refractivity (Wildman–Crippen MR) is 97.4 cm³/mol. The van der Waals surface area contributed by atoms with Crippen molar-refractivity contribution in [2.45, 2.75) is 58.7 Å². The minimum Gasteiger partial charge on any atom is -0.324 e. The highest BCUT2D eigenvalue weighted by Gasteiger charge is 2.70. The van der Waals surface area contributed by atoms with E-state index in [-0.39, 0.29) is 29.8 Å². The lowest BCUT2D eigenvalue weighted by atomic mass is 9.76. The summed E-state index contributed by atoms with van der Waals surface area (Å²) >= 11 is 0. The van der Waals surface area contributed by atoms with Crippen LogP contribution in [0.25, 0.3) is 0 Å². The number of carbonyl (C=O) groups is 3. The van der Waals surface area contributed by atoms with E-state index in [4.69, 9.17) is 0 Å². The molecule has 1 aromatic rings. The maximum absolute atomic E-state index is 13.3. The van der Waals surface area contributed by atoms with Gasteiger partial charge in [0.1, 0.15) is 5.54 Å². The largest absolute Gasteiger partial charge is 0.324 e. The highest BCUT2D eigenvalue weighted by molar-refractivity contribution is 6.15. The first-order chi connectivity index (χ1) is 12.2. The van der Waals surface area contributed by atoms with Crippen molar-refractivity contribution in [3.63, 3.8) is 0 Å². The highest BCUT2D eigenvalue weighted by atomic mass is 16.2. The van der Waals surface area contributed by atoms with Gasteiger partial charge in [0.2, 0.25) is 17.7 Å². The first kappa shape index (κ1) is 17.2. The van der Waals surface area contributed by atoms with Crippen LogP contribution < -0.4 is 10.6 Å². The van der Waals surface area contributed by atoms with Crippen molar-refractivity contribution in [1.82, 2.24) is 10.2 Å². The molecule has 0 bridgehead atoms. The Bertz CT molecular complexity index is 849. The molecule has 3 aliphatic rings. The average molecular weight is 355 g/mol. The van der Waals surface area contributed by atoms with Gasteiger partial charge < -0.3 is 5.32 Å². The number of hydrogen-bond donors (Lipinski definition) is 2. The summed E-state index contributed by atoms with van der Waals surface area (Å²) in [4.78, 5) is 40.9. The molecule has 0 radical (unpaired) electrons. The Balaban J connectivity index is 1.91. The lowest BCUT2D eigenvalue weighted by Crippen LogP contribution is -2.53. The van der Waals surface area contributed by atoms with Crippen molar-refractivity contribution in [3.8, 4) is 0 Å². The number of benzene rings is 1. The van der Waals surface area contributed by atoms with Gasteiger partial charge >= 0.3 is 0 Å². The molecule has 138 valence electrons. The van der Waals surface area contributed by atoms with Gasteiger partial charge in [-0.15, -0.1) is 0 Å². The fourth-order valence-electron chi connectivity index (χ4n) is 5.06. The van der Waals surface area contributed by atoms with Gasteiger partial charge in [0.15, 0.2) is 0 Å². The fraction of sp³-hybridized carbons (Fsp3) is 0.550. The van der Waals surface area contributed by atoms with Gasteiger partial charge in [0.25, 0.3) is 0 Å².